The van der Waals surface area contributed by atoms with Gasteiger partial charge in [0.15, 0.2) is 0 Å². The molecular weight excluding hydrogens is 352 g/mol. The Morgan fingerprint density at radius 1 is 1.35 bits per heavy atom. The lowest BCUT2D eigenvalue weighted by atomic mass is 9.87. The number of amides is 1. The standard InChI is InChI=1S/C17H15BClN5O2/c1-3-20-16(25)13-14(18)15(10-4-6-11(19)7-5-10)22-24(17(13)26)12-8-21-23(2)9-12/h3-9H,1,18H2,2H3,(H,20,25). The molecule has 0 spiro atoms. The lowest BCUT2D eigenvalue weighted by Crippen LogP contribution is -2.40. The summed E-state index contributed by atoms with van der Waals surface area (Å²) in [7, 11) is 3.41. The van der Waals surface area contributed by atoms with Crippen LogP contribution in [0.1, 0.15) is 10.4 Å². The van der Waals surface area contributed by atoms with Crippen LogP contribution in [0.5, 0.6) is 0 Å². The van der Waals surface area contributed by atoms with Gasteiger partial charge in [-0.05, 0) is 23.8 Å². The highest BCUT2D eigenvalue weighted by Gasteiger charge is 2.21. The molecule has 0 radical (unpaired) electrons. The Balaban J connectivity index is 2.32. The van der Waals surface area contributed by atoms with Crippen molar-refractivity contribution in [2.75, 3.05) is 0 Å². The van der Waals surface area contributed by atoms with Crippen LogP contribution in [0.2, 0.25) is 5.02 Å². The number of hydrogen-bond donors (Lipinski definition) is 1. The van der Waals surface area contributed by atoms with E-state index in [2.05, 4.69) is 22.1 Å². The Bertz CT molecular complexity index is 1060. The molecule has 0 fully saturated rings. The van der Waals surface area contributed by atoms with Gasteiger partial charge in [-0.15, -0.1) is 0 Å². The molecule has 0 unspecified atom stereocenters. The Labute approximate surface area is 155 Å². The van der Waals surface area contributed by atoms with E-state index in [0.29, 0.717) is 21.9 Å². The van der Waals surface area contributed by atoms with Gasteiger partial charge in [0.25, 0.3) is 11.5 Å². The lowest BCUT2D eigenvalue weighted by molar-refractivity contribution is 0.0969. The summed E-state index contributed by atoms with van der Waals surface area (Å²) in [6.45, 7) is 3.48. The highest BCUT2D eigenvalue weighted by molar-refractivity contribution is 6.39. The molecule has 1 amide bonds. The Morgan fingerprint density at radius 3 is 2.62 bits per heavy atom. The number of aromatic nitrogens is 4. The molecule has 130 valence electrons. The zero-order chi connectivity index (χ0) is 18.8. The number of carbonyl (C=O) groups excluding carboxylic acids is 1. The number of benzene rings is 1. The van der Waals surface area contributed by atoms with Crippen molar-refractivity contribution in [1.29, 1.82) is 0 Å². The van der Waals surface area contributed by atoms with Gasteiger partial charge in [-0.2, -0.15) is 14.9 Å². The second-order valence-electron chi connectivity index (χ2n) is 5.62. The zero-order valence-electron chi connectivity index (χ0n) is 14.2. The molecule has 0 aliphatic carbocycles. The maximum atomic E-state index is 12.9. The summed E-state index contributed by atoms with van der Waals surface area (Å²) >= 11 is 5.96. The van der Waals surface area contributed by atoms with Gasteiger partial charge >= 0.3 is 0 Å². The smallest absolute Gasteiger partial charge is 0.283 e. The number of nitrogens with one attached hydrogen (secondary N) is 1. The monoisotopic (exact) mass is 367 g/mol. The molecule has 0 bridgehead atoms. The van der Waals surface area contributed by atoms with Gasteiger partial charge in [-0.25, -0.2) is 0 Å². The van der Waals surface area contributed by atoms with Crippen molar-refractivity contribution in [1.82, 2.24) is 24.9 Å². The molecule has 0 aliphatic heterocycles. The number of halogens is 1. The fourth-order valence-electron chi connectivity index (χ4n) is 2.61. The minimum absolute atomic E-state index is 0.00583. The van der Waals surface area contributed by atoms with Gasteiger partial charge in [0.1, 0.15) is 19.1 Å². The molecule has 1 N–H and O–H groups in total. The predicted molar refractivity (Wildman–Crippen MR) is 103 cm³/mol. The summed E-state index contributed by atoms with van der Waals surface area (Å²) in [6, 6.07) is 7.01. The van der Waals surface area contributed by atoms with Crippen molar-refractivity contribution >= 4 is 30.8 Å². The first kappa shape index (κ1) is 17.7. The molecule has 3 aromatic rings. The largest absolute Gasteiger partial charge is 0.329 e. The molecule has 0 saturated carbocycles. The average molecular weight is 368 g/mol. The molecule has 2 aromatic heterocycles. The van der Waals surface area contributed by atoms with E-state index in [1.807, 2.05) is 0 Å². The van der Waals surface area contributed by atoms with Crippen LogP contribution in [-0.4, -0.2) is 33.3 Å². The fourth-order valence-corrected chi connectivity index (χ4v) is 2.74. The normalized spacial score (nSPS) is 10.5. The first-order chi connectivity index (χ1) is 12.4. The molecule has 9 heteroatoms. The van der Waals surface area contributed by atoms with Crippen molar-refractivity contribution in [2.45, 2.75) is 0 Å². The molecule has 0 aliphatic rings. The molecule has 2 heterocycles. The van der Waals surface area contributed by atoms with Crippen molar-refractivity contribution in [3.05, 3.63) is 70.4 Å². The summed E-state index contributed by atoms with van der Waals surface area (Å²) < 4.78 is 2.72. The molecule has 7 nitrogen and oxygen atoms in total. The summed E-state index contributed by atoms with van der Waals surface area (Å²) in [4.78, 5) is 25.3. The number of nitrogens with zero attached hydrogens (tertiary/aromatic N) is 4. The Kier molecular flexibility index (Phi) is 4.77. The van der Waals surface area contributed by atoms with Crippen LogP contribution in [0.15, 0.2) is 54.2 Å². The van der Waals surface area contributed by atoms with Crippen molar-refractivity contribution in [3.63, 3.8) is 0 Å². The Morgan fingerprint density at radius 2 is 2.04 bits per heavy atom. The van der Waals surface area contributed by atoms with Gasteiger partial charge in [0.2, 0.25) is 0 Å². The van der Waals surface area contributed by atoms with Crippen molar-refractivity contribution in [2.24, 2.45) is 7.05 Å². The average Bonchev–Trinajstić information content (AvgIpc) is 3.03. The first-order valence-corrected chi connectivity index (χ1v) is 8.11. The fraction of sp³-hybridized carbons (Fsp3) is 0.0588. The van der Waals surface area contributed by atoms with Gasteiger partial charge in [0.05, 0.1) is 18.1 Å². The van der Waals surface area contributed by atoms with Gasteiger partial charge in [-0.3, -0.25) is 14.3 Å². The van der Waals surface area contributed by atoms with Crippen LogP contribution in [0, 0.1) is 0 Å². The topological polar surface area (TPSA) is 81.8 Å². The Hall–Kier alpha value is -3.13. The van der Waals surface area contributed by atoms with Crippen LogP contribution in [-0.2, 0) is 7.05 Å². The van der Waals surface area contributed by atoms with E-state index in [0.717, 1.165) is 5.56 Å². The molecule has 0 atom stereocenters. The molecule has 26 heavy (non-hydrogen) atoms. The quantitative estimate of drug-likeness (QED) is 0.678. The van der Waals surface area contributed by atoms with Crippen LogP contribution >= 0.6 is 11.6 Å². The summed E-state index contributed by atoms with van der Waals surface area (Å²) in [5, 5.41) is 11.6. The third-order valence-corrected chi connectivity index (χ3v) is 4.10. The third-order valence-electron chi connectivity index (χ3n) is 3.85. The minimum Gasteiger partial charge on any atom is -0.329 e. The summed E-state index contributed by atoms with van der Waals surface area (Å²) in [6.07, 6.45) is 4.38. The number of carbonyl (C=O) groups is 1. The van der Waals surface area contributed by atoms with E-state index >= 15 is 0 Å². The van der Waals surface area contributed by atoms with Crippen LogP contribution < -0.4 is 16.3 Å². The van der Waals surface area contributed by atoms with E-state index in [4.69, 9.17) is 11.6 Å². The predicted octanol–water partition coefficient (Wildman–Crippen LogP) is 0.418. The number of hydrogen-bond acceptors (Lipinski definition) is 4. The maximum Gasteiger partial charge on any atom is 0.283 e. The zero-order valence-corrected chi connectivity index (χ0v) is 15.0. The van der Waals surface area contributed by atoms with Gasteiger partial charge in [-0.1, -0.05) is 30.3 Å². The summed E-state index contributed by atoms with van der Waals surface area (Å²) in [5.41, 5.74) is 1.62. The first-order valence-electron chi connectivity index (χ1n) is 7.73. The second-order valence-corrected chi connectivity index (χ2v) is 6.06. The van der Waals surface area contributed by atoms with E-state index in [-0.39, 0.29) is 5.56 Å². The third kappa shape index (κ3) is 3.19. The SMILES string of the molecule is Bc1c(-c2ccc(Cl)cc2)nn(-c2cnn(C)c2)c(=O)c1C(=O)NC=C. The maximum absolute atomic E-state index is 12.9. The van der Waals surface area contributed by atoms with E-state index in [1.165, 1.54) is 17.1 Å². The van der Waals surface area contributed by atoms with E-state index < -0.39 is 11.5 Å². The highest BCUT2D eigenvalue weighted by atomic mass is 35.5. The number of aryl methyl sites for hydroxylation is 1. The molecular formula is C17H15BClN5O2. The lowest BCUT2D eigenvalue weighted by Gasteiger charge is -2.13. The summed E-state index contributed by atoms with van der Waals surface area (Å²) in [5.74, 6) is -0.544. The van der Waals surface area contributed by atoms with Crippen LogP contribution in [0.3, 0.4) is 0 Å². The molecule has 0 saturated heterocycles. The van der Waals surface area contributed by atoms with Crippen LogP contribution in [0.25, 0.3) is 16.9 Å². The molecule has 1 aromatic carbocycles. The highest BCUT2D eigenvalue weighted by Crippen LogP contribution is 2.18. The van der Waals surface area contributed by atoms with Crippen LogP contribution in [0.4, 0.5) is 0 Å². The van der Waals surface area contributed by atoms with Crippen molar-refractivity contribution < 1.29 is 4.79 Å². The van der Waals surface area contributed by atoms with Gasteiger partial charge in [0, 0.05) is 17.6 Å². The van der Waals surface area contributed by atoms with E-state index in [9.17, 15) is 9.59 Å². The van der Waals surface area contributed by atoms with Gasteiger partial charge < -0.3 is 5.32 Å². The number of rotatable bonds is 4. The second kappa shape index (κ2) is 7.01. The van der Waals surface area contributed by atoms with Crippen molar-refractivity contribution in [3.8, 4) is 16.9 Å². The minimum atomic E-state index is -0.544. The van der Waals surface area contributed by atoms with E-state index in [1.54, 1.807) is 50.0 Å². The molecule has 3 rings (SSSR count).